The van der Waals surface area contributed by atoms with E-state index in [4.69, 9.17) is 4.74 Å². The number of aromatic nitrogens is 3. The van der Waals surface area contributed by atoms with Gasteiger partial charge in [0.1, 0.15) is 5.75 Å². The summed E-state index contributed by atoms with van der Waals surface area (Å²) in [6, 6.07) is 11.1. The molecule has 3 rings (SSSR count). The minimum Gasteiger partial charge on any atom is -0.495 e. The third kappa shape index (κ3) is 3.51. The van der Waals surface area contributed by atoms with Gasteiger partial charge in [0, 0.05) is 6.20 Å². The van der Waals surface area contributed by atoms with Crippen molar-refractivity contribution in [3.05, 3.63) is 42.6 Å². The zero-order valence-electron chi connectivity index (χ0n) is 13.4. The first-order valence-electron chi connectivity index (χ1n) is 7.62. The molecule has 1 aromatic carbocycles. The first-order chi connectivity index (χ1) is 11.7. The van der Waals surface area contributed by atoms with Gasteiger partial charge in [0.15, 0.2) is 10.8 Å². The number of nitrogens with one attached hydrogen (secondary N) is 2. The van der Waals surface area contributed by atoms with Crippen molar-refractivity contribution < 1.29 is 9.53 Å². The van der Waals surface area contributed by atoms with Crippen LogP contribution in [0.3, 0.4) is 0 Å². The van der Waals surface area contributed by atoms with E-state index >= 15 is 0 Å². The predicted octanol–water partition coefficient (Wildman–Crippen LogP) is 3.48. The summed E-state index contributed by atoms with van der Waals surface area (Å²) in [5.41, 5.74) is 2.18. The molecule has 0 aliphatic heterocycles. The van der Waals surface area contributed by atoms with Gasteiger partial charge >= 0.3 is 0 Å². The van der Waals surface area contributed by atoms with Gasteiger partial charge in [0.05, 0.1) is 23.6 Å². The molecule has 0 aliphatic carbocycles. The number of imidazole rings is 1. The van der Waals surface area contributed by atoms with Gasteiger partial charge in [0.2, 0.25) is 5.91 Å². The Bertz CT molecular complexity index is 816. The highest BCUT2D eigenvalue weighted by Crippen LogP contribution is 2.28. The van der Waals surface area contributed by atoms with Crippen LogP contribution < -0.4 is 10.1 Å². The largest absolute Gasteiger partial charge is 0.495 e. The van der Waals surface area contributed by atoms with Crippen molar-refractivity contribution in [2.75, 3.05) is 12.4 Å². The van der Waals surface area contributed by atoms with Gasteiger partial charge in [-0.15, -0.1) is 0 Å². The summed E-state index contributed by atoms with van der Waals surface area (Å²) in [5, 5.41) is 3.34. The molecule has 0 bridgehead atoms. The molecule has 1 amide bonds. The van der Waals surface area contributed by atoms with Crippen molar-refractivity contribution in [2.45, 2.75) is 23.8 Å². The highest BCUT2D eigenvalue weighted by Gasteiger charge is 2.21. The van der Waals surface area contributed by atoms with E-state index in [0.29, 0.717) is 28.7 Å². The maximum Gasteiger partial charge on any atom is 0.238 e. The number of H-pyrrole nitrogens is 1. The van der Waals surface area contributed by atoms with Gasteiger partial charge in [-0.05, 0) is 30.7 Å². The number of thioether (sulfide) groups is 1. The third-order valence-corrected chi connectivity index (χ3v) is 4.77. The number of carbonyl (C=O) groups excluding carboxylic acids is 1. The minimum absolute atomic E-state index is 0.0829. The lowest BCUT2D eigenvalue weighted by molar-refractivity contribution is -0.115. The van der Waals surface area contributed by atoms with Gasteiger partial charge in [0.25, 0.3) is 0 Å². The lowest BCUT2D eigenvalue weighted by Gasteiger charge is -2.15. The zero-order valence-corrected chi connectivity index (χ0v) is 14.3. The number of nitrogens with zero attached hydrogens (tertiary/aromatic N) is 2. The second-order valence-electron chi connectivity index (χ2n) is 5.12. The molecule has 24 heavy (non-hydrogen) atoms. The van der Waals surface area contributed by atoms with E-state index in [-0.39, 0.29) is 11.2 Å². The first kappa shape index (κ1) is 16.3. The third-order valence-electron chi connectivity index (χ3n) is 3.52. The summed E-state index contributed by atoms with van der Waals surface area (Å²) in [7, 11) is 1.58. The standard InChI is InChI=1S/C17H18N4O2S/c1-3-14(16(22)19-11-7-4-5-9-13(11)23-2)24-17-20-12-8-6-10-18-15(12)21-17/h4-10,14H,3H2,1-2H3,(H,19,22)(H,18,20,21)/t14-/m1/s1. The van der Waals surface area contributed by atoms with Crippen LogP contribution in [0.4, 0.5) is 5.69 Å². The quantitative estimate of drug-likeness (QED) is 0.671. The molecule has 2 aromatic heterocycles. The Labute approximate surface area is 144 Å². The summed E-state index contributed by atoms with van der Waals surface area (Å²) in [6.07, 6.45) is 2.37. The van der Waals surface area contributed by atoms with Crippen molar-refractivity contribution in [1.82, 2.24) is 15.0 Å². The Morgan fingerprint density at radius 1 is 1.33 bits per heavy atom. The highest BCUT2D eigenvalue weighted by molar-refractivity contribution is 8.00. The van der Waals surface area contributed by atoms with Crippen LogP contribution in [0.1, 0.15) is 13.3 Å². The number of hydrogen-bond donors (Lipinski definition) is 2. The van der Waals surface area contributed by atoms with Crippen LogP contribution in [0.25, 0.3) is 11.2 Å². The number of pyridine rings is 1. The molecule has 1 atom stereocenters. The zero-order chi connectivity index (χ0) is 16.9. The summed E-state index contributed by atoms with van der Waals surface area (Å²) in [6.45, 7) is 1.97. The fourth-order valence-electron chi connectivity index (χ4n) is 2.30. The topological polar surface area (TPSA) is 79.9 Å². The number of anilines is 1. The molecule has 0 fully saturated rings. The Morgan fingerprint density at radius 2 is 2.17 bits per heavy atom. The second kappa shape index (κ2) is 7.35. The number of hydrogen-bond acceptors (Lipinski definition) is 5. The molecule has 124 valence electrons. The van der Waals surface area contributed by atoms with Crippen LogP contribution in [0.2, 0.25) is 0 Å². The maximum absolute atomic E-state index is 12.6. The Hall–Kier alpha value is -2.54. The van der Waals surface area contributed by atoms with Crippen molar-refractivity contribution in [2.24, 2.45) is 0 Å². The van der Waals surface area contributed by atoms with E-state index in [1.54, 1.807) is 13.3 Å². The molecule has 0 saturated carbocycles. The van der Waals surface area contributed by atoms with E-state index in [9.17, 15) is 4.79 Å². The molecule has 3 aromatic rings. The van der Waals surface area contributed by atoms with E-state index in [1.807, 2.05) is 43.3 Å². The van der Waals surface area contributed by atoms with E-state index in [1.165, 1.54) is 11.8 Å². The minimum atomic E-state index is -0.268. The maximum atomic E-state index is 12.6. The molecule has 0 aliphatic rings. The van der Waals surface area contributed by atoms with Gasteiger partial charge < -0.3 is 15.0 Å². The molecular weight excluding hydrogens is 324 g/mol. The van der Waals surface area contributed by atoms with Gasteiger partial charge in [-0.1, -0.05) is 30.8 Å². The molecule has 7 heteroatoms. The van der Waals surface area contributed by atoms with E-state index < -0.39 is 0 Å². The lowest BCUT2D eigenvalue weighted by atomic mass is 10.2. The monoisotopic (exact) mass is 342 g/mol. The van der Waals surface area contributed by atoms with Crippen molar-refractivity contribution in [3.8, 4) is 5.75 Å². The number of aromatic amines is 1. The lowest BCUT2D eigenvalue weighted by Crippen LogP contribution is -2.24. The smallest absolute Gasteiger partial charge is 0.238 e. The molecule has 6 nitrogen and oxygen atoms in total. The van der Waals surface area contributed by atoms with Crippen molar-refractivity contribution in [1.29, 1.82) is 0 Å². The van der Waals surface area contributed by atoms with Gasteiger partial charge in [-0.3, -0.25) is 4.79 Å². The number of ether oxygens (including phenoxy) is 1. The number of rotatable bonds is 6. The van der Waals surface area contributed by atoms with Crippen LogP contribution in [0.15, 0.2) is 47.8 Å². The summed E-state index contributed by atoms with van der Waals surface area (Å²) < 4.78 is 5.27. The van der Waals surface area contributed by atoms with Gasteiger partial charge in [-0.2, -0.15) is 0 Å². The number of fused-ring (bicyclic) bond motifs is 1. The fraction of sp³-hybridized carbons (Fsp3) is 0.235. The predicted molar refractivity (Wildman–Crippen MR) is 95.4 cm³/mol. The molecule has 0 radical (unpaired) electrons. The van der Waals surface area contributed by atoms with Crippen LogP contribution >= 0.6 is 11.8 Å². The molecule has 0 spiro atoms. The fourth-order valence-corrected chi connectivity index (χ4v) is 3.21. The number of para-hydroxylation sites is 2. The van der Waals surface area contributed by atoms with Crippen molar-refractivity contribution in [3.63, 3.8) is 0 Å². The first-order valence-corrected chi connectivity index (χ1v) is 8.50. The number of carbonyl (C=O) groups is 1. The second-order valence-corrected chi connectivity index (χ2v) is 6.31. The average Bonchev–Trinajstić information content (AvgIpc) is 3.02. The normalized spacial score (nSPS) is 12.1. The molecule has 0 unspecified atom stereocenters. The Morgan fingerprint density at radius 3 is 2.92 bits per heavy atom. The van der Waals surface area contributed by atoms with Crippen LogP contribution in [0.5, 0.6) is 5.75 Å². The van der Waals surface area contributed by atoms with E-state index in [2.05, 4.69) is 20.3 Å². The number of amides is 1. The highest BCUT2D eigenvalue weighted by atomic mass is 32.2. The Balaban J connectivity index is 1.74. The van der Waals surface area contributed by atoms with Crippen LogP contribution in [0, 0.1) is 0 Å². The van der Waals surface area contributed by atoms with Crippen LogP contribution in [-0.2, 0) is 4.79 Å². The van der Waals surface area contributed by atoms with Crippen molar-refractivity contribution >= 4 is 34.5 Å². The average molecular weight is 342 g/mol. The summed E-state index contributed by atoms with van der Waals surface area (Å²) in [4.78, 5) is 24.4. The number of benzene rings is 1. The van der Waals surface area contributed by atoms with Crippen LogP contribution in [-0.4, -0.2) is 33.2 Å². The summed E-state index contributed by atoms with van der Waals surface area (Å²) in [5.74, 6) is 0.555. The Kier molecular flexibility index (Phi) is 5.00. The van der Waals surface area contributed by atoms with Gasteiger partial charge in [-0.25, -0.2) is 9.97 Å². The number of methoxy groups -OCH3 is 1. The molecule has 2 N–H and O–H groups in total. The molecular formula is C17H18N4O2S. The SMILES string of the molecule is CC[C@@H](Sc1nc2ncccc2[nH]1)C(=O)Nc1ccccc1OC. The summed E-state index contributed by atoms with van der Waals surface area (Å²) >= 11 is 1.40. The molecule has 2 heterocycles. The molecule has 0 saturated heterocycles. The van der Waals surface area contributed by atoms with E-state index in [0.717, 1.165) is 5.52 Å².